The summed E-state index contributed by atoms with van der Waals surface area (Å²) in [6, 6.07) is 119. The predicted octanol–water partition coefficient (Wildman–Crippen LogP) is 25.7. The second kappa shape index (κ2) is 33.1. The minimum absolute atomic E-state index is 0.453. The topological polar surface area (TPSA) is 156 Å². The second-order valence-corrected chi connectivity index (χ2v) is 38.8. The second-order valence-electron chi connectivity index (χ2n) is 28.2. The number of benzene rings is 8. The quantitative estimate of drug-likeness (QED) is 0.0756. The van der Waals surface area contributed by atoms with Gasteiger partial charge in [-0.3, -0.25) is 0 Å². The van der Waals surface area contributed by atoms with Gasteiger partial charge >= 0.3 is 0 Å². The number of hydrogen-bond acceptors (Lipinski definition) is 22. The lowest BCUT2D eigenvalue weighted by atomic mass is 10.0. The first-order chi connectivity index (χ1) is 60.4. The van der Waals surface area contributed by atoms with Crippen LogP contribution in [0.15, 0.2) is 368 Å². The summed E-state index contributed by atoms with van der Waals surface area (Å²) in [5.74, 6) is 3.76. The van der Waals surface area contributed by atoms with E-state index in [0.29, 0.717) is 47.1 Å². The zero-order chi connectivity index (χ0) is 80.8. The molecule has 22 heteroatoms. The minimum atomic E-state index is 0.453. The molecule has 0 radical (unpaired) electrons. The summed E-state index contributed by atoms with van der Waals surface area (Å²) in [5.41, 5.74) is 15.7. The van der Waals surface area contributed by atoms with E-state index < -0.39 is 0 Å². The van der Waals surface area contributed by atoms with Crippen molar-refractivity contribution < 1.29 is 17.7 Å². The lowest BCUT2D eigenvalue weighted by Crippen LogP contribution is -2.01. The molecule has 14 heterocycles. The summed E-state index contributed by atoms with van der Waals surface area (Å²) in [6.07, 6.45) is 0. The number of rotatable bonds is 19. The first-order valence-electron chi connectivity index (χ1n) is 38.7. The molecular formula is C100H58N8O4S10. The van der Waals surface area contributed by atoms with Crippen molar-refractivity contribution in [2.24, 2.45) is 0 Å². The van der Waals surface area contributed by atoms with Crippen LogP contribution < -0.4 is 18.1 Å². The van der Waals surface area contributed by atoms with Gasteiger partial charge in [0.2, 0.25) is 47.1 Å². The maximum Gasteiger partial charge on any atom is 0.248 e. The number of hydrogen-bond donors (Lipinski definition) is 0. The third-order valence-electron chi connectivity index (χ3n) is 20.5. The van der Waals surface area contributed by atoms with Crippen molar-refractivity contribution >= 4 is 136 Å². The zero-order valence-corrected chi connectivity index (χ0v) is 71.9. The average molecular weight is 1760 g/mol. The standard InChI is InChI=1S/C100H58N8O4S10/c1-5-15-63(16-6-1)93-101-105-97(109-93)67-33-25-59(26-34-67)89(81-49-41-73(115-81)71-23-13-57-113-71)83-51-43-75(117-83)77-45-53-85(119-77)91(61-29-37-69(38-30-61)99-107-103-95(111-99)65-19-9-3-10-20-65)87-55-47-79(121-87)80-48-56-88(122-80)92(62-31-39-70(40-32-62)100-108-104-96(112-100)66-21-11-4-12-22-66)86-54-46-78(120-86)76-44-52-84(118-76)90(82-50-42-74(116-82)72-24-14-58-114-72)60-27-35-68(36-28-60)98-106-102-94(110-98)64-17-7-2-8-18-64/h1-58H/b77-75+,78-76+,89-83-,90-84-,91-85-,92-86+. The molecule has 0 aliphatic rings. The van der Waals surface area contributed by atoms with E-state index in [2.05, 4.69) is 270 Å². The highest BCUT2D eigenvalue weighted by atomic mass is 32.1. The Morgan fingerprint density at radius 3 is 0.598 bits per heavy atom. The Balaban J connectivity index is 0.652. The SMILES string of the molecule is c1ccc(-c2nnc(-c3ccc(/C(c4ccc(-c5cccs5)s4)=c4\cc/c(=c5/cc/c(=C(\c6ccc(-c7nnc(-c8ccccc8)o7)cc6)c6ccc(-c7ccc(/C(c8ccc(-c9nnc(-c%10ccccc%10)o9)cc8)=c8\cc/c(=c9/cc/c(=C(\c%10ccc(-c%11nnc(-c%12ccccc%12)o%11)cc%10)c%10ccc(-c%11cccs%11)s%10)s9)s8)s7)s6)s5)s4)cc3)o2)cc1. The van der Waals surface area contributed by atoms with Crippen LogP contribution in [0, 0.1) is 18.1 Å². The van der Waals surface area contributed by atoms with Gasteiger partial charge in [0, 0.05) is 152 Å². The summed E-state index contributed by atoms with van der Waals surface area (Å²) >= 11 is 18.0. The van der Waals surface area contributed by atoms with Crippen LogP contribution in [-0.4, -0.2) is 40.8 Å². The smallest absolute Gasteiger partial charge is 0.248 e. The zero-order valence-electron chi connectivity index (χ0n) is 63.8. The van der Waals surface area contributed by atoms with Gasteiger partial charge in [-0.1, -0.05) is 133 Å². The molecule has 0 atom stereocenters. The van der Waals surface area contributed by atoms with Crippen molar-refractivity contribution in [1.82, 2.24) is 40.8 Å². The van der Waals surface area contributed by atoms with E-state index >= 15 is 0 Å². The summed E-state index contributed by atoms with van der Waals surface area (Å²) in [7, 11) is 0. The fourth-order valence-electron chi connectivity index (χ4n) is 14.6. The molecular weight excluding hydrogens is 1700 g/mol. The maximum absolute atomic E-state index is 6.32. The van der Waals surface area contributed by atoms with Gasteiger partial charge in [-0.05, 0) is 239 Å². The van der Waals surface area contributed by atoms with Crippen LogP contribution >= 0.6 is 113 Å². The maximum atomic E-state index is 6.32. The van der Waals surface area contributed by atoms with Gasteiger partial charge in [-0.25, -0.2) is 0 Å². The van der Waals surface area contributed by atoms with E-state index in [1.54, 1.807) is 68.0 Å². The highest BCUT2D eigenvalue weighted by Gasteiger charge is 2.23. The van der Waals surface area contributed by atoms with Crippen molar-refractivity contribution in [2.45, 2.75) is 0 Å². The Kier molecular flexibility index (Phi) is 20.3. The molecule has 582 valence electrons. The molecule has 0 saturated heterocycles. The van der Waals surface area contributed by atoms with Crippen LogP contribution in [0.3, 0.4) is 0 Å². The summed E-state index contributed by atoms with van der Waals surface area (Å²) in [5, 5.41) is 39.9. The van der Waals surface area contributed by atoms with Crippen LogP contribution in [0.25, 0.3) is 143 Å². The molecule has 12 nitrogen and oxygen atoms in total. The van der Waals surface area contributed by atoms with E-state index in [1.165, 1.54) is 47.4 Å². The van der Waals surface area contributed by atoms with Gasteiger partial charge < -0.3 is 17.7 Å². The fourth-order valence-corrected chi connectivity index (χ4v) is 25.5. The lowest BCUT2D eigenvalue weighted by molar-refractivity contribution is 0.584. The van der Waals surface area contributed by atoms with E-state index in [4.69, 9.17) is 17.7 Å². The van der Waals surface area contributed by atoms with Crippen molar-refractivity contribution in [3.8, 4) is 121 Å². The third kappa shape index (κ3) is 15.2. The van der Waals surface area contributed by atoms with Crippen LogP contribution in [0.4, 0.5) is 0 Å². The first-order valence-corrected chi connectivity index (χ1v) is 47.0. The van der Waals surface area contributed by atoms with Gasteiger partial charge in [-0.15, -0.1) is 154 Å². The molecule has 0 amide bonds. The lowest BCUT2D eigenvalue weighted by Gasteiger charge is -2.06. The largest absolute Gasteiger partial charge is 0.416 e. The normalized spacial score (nSPS) is 13.2. The predicted molar refractivity (Wildman–Crippen MR) is 501 cm³/mol. The van der Waals surface area contributed by atoms with E-state index in [-0.39, 0.29) is 0 Å². The first kappa shape index (κ1) is 75.0. The minimum Gasteiger partial charge on any atom is -0.416 e. The van der Waals surface area contributed by atoms with Gasteiger partial charge in [0.05, 0.1) is 0 Å². The van der Waals surface area contributed by atoms with Gasteiger partial charge in [0.1, 0.15) is 0 Å². The van der Waals surface area contributed by atoms with Crippen LogP contribution in [0.5, 0.6) is 0 Å². The van der Waals surface area contributed by atoms with Crippen molar-refractivity contribution in [1.29, 1.82) is 0 Å². The highest BCUT2D eigenvalue weighted by Crippen LogP contribution is 2.44. The van der Waals surface area contributed by atoms with Gasteiger partial charge in [0.15, 0.2) is 0 Å². The Labute approximate surface area is 736 Å². The molecule has 0 N–H and O–H groups in total. The van der Waals surface area contributed by atoms with Gasteiger partial charge in [-0.2, -0.15) is 0 Å². The molecule has 0 bridgehead atoms. The molecule has 0 unspecified atom stereocenters. The van der Waals surface area contributed by atoms with Gasteiger partial charge in [0.25, 0.3) is 0 Å². The molecule has 22 rings (SSSR count). The Morgan fingerprint density at radius 2 is 0.385 bits per heavy atom. The molecule has 8 aromatic carbocycles. The molecule has 14 aromatic heterocycles. The van der Waals surface area contributed by atoms with Crippen LogP contribution in [0.2, 0.25) is 0 Å². The molecule has 22 aromatic rings. The fraction of sp³-hybridized carbons (Fsp3) is 0. The molecule has 0 spiro atoms. The summed E-state index contributed by atoms with van der Waals surface area (Å²) < 4.78 is 34.4. The number of aromatic nitrogens is 8. The molecule has 0 saturated carbocycles. The summed E-state index contributed by atoms with van der Waals surface area (Å²) in [6.45, 7) is 0. The molecule has 0 aliphatic heterocycles. The third-order valence-corrected chi connectivity index (χ3v) is 32.1. The van der Waals surface area contributed by atoms with Crippen molar-refractivity contribution in [3.05, 3.63) is 428 Å². The Hall–Kier alpha value is -13.2. The summed E-state index contributed by atoms with van der Waals surface area (Å²) in [4.78, 5) is 11.9. The Bertz CT molecular complexity index is 7520. The van der Waals surface area contributed by atoms with Crippen molar-refractivity contribution in [2.75, 3.05) is 0 Å². The van der Waals surface area contributed by atoms with Crippen LogP contribution in [-0.2, 0) is 0 Å². The monoisotopic (exact) mass is 1750 g/mol. The van der Waals surface area contributed by atoms with Crippen LogP contribution in [0.1, 0.15) is 41.8 Å². The molecule has 0 aliphatic carbocycles. The number of nitrogens with zero attached hydrogens (tertiary/aromatic N) is 8. The van der Waals surface area contributed by atoms with E-state index in [9.17, 15) is 0 Å². The number of thiophene rings is 10. The van der Waals surface area contributed by atoms with E-state index in [1.807, 2.05) is 167 Å². The van der Waals surface area contributed by atoms with E-state index in [0.717, 1.165) is 127 Å². The Morgan fingerprint density at radius 1 is 0.172 bits per heavy atom. The average Bonchev–Trinajstić information content (AvgIpc) is 1.62. The highest BCUT2D eigenvalue weighted by molar-refractivity contribution is 7.24. The molecule has 0 fully saturated rings. The van der Waals surface area contributed by atoms with Crippen molar-refractivity contribution in [3.63, 3.8) is 0 Å². The molecule has 122 heavy (non-hydrogen) atoms.